The number of hydroxylamine groups is 1. The molecule has 0 aliphatic heterocycles. The minimum Gasteiger partial charge on any atom is -0.368 e. The van der Waals surface area contributed by atoms with Crippen LogP contribution < -0.4 is 16.9 Å². The second-order valence-corrected chi connectivity index (χ2v) is 2.36. The first-order valence-electron chi connectivity index (χ1n) is 3.48. The molecule has 0 rings (SSSR count). The Bertz CT molecular complexity index is 171. The number of carbonyl (C=O) groups excluding carboxylic acids is 2. The maximum Gasteiger partial charge on any atom is 0.247 e. The van der Waals surface area contributed by atoms with Crippen LogP contribution >= 0.6 is 0 Å². The van der Waals surface area contributed by atoms with E-state index in [4.69, 9.17) is 11.5 Å². The Morgan fingerprint density at radius 3 is 2.58 bits per heavy atom. The second kappa shape index (κ2) is 5.50. The second-order valence-electron chi connectivity index (χ2n) is 2.36. The molecule has 6 heteroatoms. The van der Waals surface area contributed by atoms with Crippen molar-refractivity contribution in [1.82, 2.24) is 5.48 Å². The molecule has 0 aliphatic rings. The molecule has 70 valence electrons. The molecule has 2 amide bonds. The highest BCUT2D eigenvalue weighted by Gasteiger charge is 2.10. The number of rotatable bonds is 5. The van der Waals surface area contributed by atoms with Crippen LogP contribution in [0.1, 0.15) is 6.92 Å². The molecular weight excluding hydrogens is 162 g/mol. The highest BCUT2D eigenvalue weighted by molar-refractivity contribution is 5.78. The van der Waals surface area contributed by atoms with Crippen LogP contribution in [0.15, 0.2) is 0 Å². The zero-order valence-electron chi connectivity index (χ0n) is 6.87. The van der Waals surface area contributed by atoms with Crippen molar-refractivity contribution in [3.05, 3.63) is 0 Å². The van der Waals surface area contributed by atoms with Crippen LogP contribution in [0.5, 0.6) is 0 Å². The van der Waals surface area contributed by atoms with E-state index in [0.29, 0.717) is 0 Å². The van der Waals surface area contributed by atoms with Gasteiger partial charge < -0.3 is 11.5 Å². The Hall–Kier alpha value is -1.14. The van der Waals surface area contributed by atoms with Crippen molar-refractivity contribution in [2.45, 2.75) is 6.92 Å². The molecule has 0 aromatic rings. The Balaban J connectivity index is 3.50. The van der Waals surface area contributed by atoms with E-state index >= 15 is 0 Å². The van der Waals surface area contributed by atoms with Crippen molar-refractivity contribution in [3.63, 3.8) is 0 Å². The zero-order valence-corrected chi connectivity index (χ0v) is 6.87. The van der Waals surface area contributed by atoms with E-state index in [2.05, 4.69) is 4.84 Å². The average Bonchev–Trinajstić information content (AvgIpc) is 2.02. The predicted octanol–water partition coefficient (Wildman–Crippen LogP) is -1.89. The maximum atomic E-state index is 10.9. The molecule has 0 saturated heterocycles. The lowest BCUT2D eigenvalue weighted by molar-refractivity contribution is -0.140. The van der Waals surface area contributed by atoms with Gasteiger partial charge in [-0.1, -0.05) is 6.92 Å². The van der Waals surface area contributed by atoms with Crippen LogP contribution in [0.4, 0.5) is 0 Å². The molecule has 0 saturated carbocycles. The Kier molecular flexibility index (Phi) is 4.98. The van der Waals surface area contributed by atoms with E-state index in [9.17, 15) is 9.59 Å². The maximum absolute atomic E-state index is 10.9. The number of carbonyl (C=O) groups is 2. The summed E-state index contributed by atoms with van der Waals surface area (Å²) in [5.41, 5.74) is 12.0. The van der Waals surface area contributed by atoms with Crippen molar-refractivity contribution in [3.8, 4) is 0 Å². The molecule has 0 aromatic carbocycles. The first-order valence-corrected chi connectivity index (χ1v) is 3.48. The van der Waals surface area contributed by atoms with Crippen LogP contribution in [0.2, 0.25) is 0 Å². The molecule has 0 radical (unpaired) electrons. The summed E-state index contributed by atoms with van der Waals surface area (Å²) in [5.74, 6) is -1.34. The van der Waals surface area contributed by atoms with Gasteiger partial charge in [0.25, 0.3) is 0 Å². The monoisotopic (exact) mass is 175 g/mol. The topological polar surface area (TPSA) is 107 Å². The summed E-state index contributed by atoms with van der Waals surface area (Å²) in [6, 6.07) is 0. The van der Waals surface area contributed by atoms with Gasteiger partial charge in [-0.3, -0.25) is 14.4 Å². The first kappa shape index (κ1) is 10.9. The lowest BCUT2D eigenvalue weighted by Gasteiger charge is -2.08. The summed E-state index contributed by atoms with van der Waals surface area (Å²) in [4.78, 5) is 25.5. The molecule has 12 heavy (non-hydrogen) atoms. The molecule has 1 atom stereocenters. The van der Waals surface area contributed by atoms with Gasteiger partial charge in [0.15, 0.2) is 6.61 Å². The summed E-state index contributed by atoms with van der Waals surface area (Å²) >= 11 is 0. The highest BCUT2D eigenvalue weighted by atomic mass is 16.7. The Morgan fingerprint density at radius 2 is 2.17 bits per heavy atom. The normalized spacial score (nSPS) is 12.2. The van der Waals surface area contributed by atoms with Gasteiger partial charge in [0.05, 0.1) is 0 Å². The third-order valence-corrected chi connectivity index (χ3v) is 1.19. The van der Waals surface area contributed by atoms with Crippen molar-refractivity contribution >= 4 is 11.8 Å². The minimum atomic E-state index is -0.643. The van der Waals surface area contributed by atoms with Gasteiger partial charge in [-0.25, -0.2) is 5.48 Å². The number of amides is 2. The number of primary amides is 1. The predicted molar refractivity (Wildman–Crippen MR) is 41.5 cm³/mol. The van der Waals surface area contributed by atoms with E-state index in [0.717, 1.165) is 0 Å². The molecule has 0 spiro atoms. The largest absolute Gasteiger partial charge is 0.368 e. The van der Waals surface area contributed by atoms with Gasteiger partial charge in [-0.05, 0) is 0 Å². The van der Waals surface area contributed by atoms with Gasteiger partial charge >= 0.3 is 0 Å². The fourth-order valence-corrected chi connectivity index (χ4v) is 0.386. The fourth-order valence-electron chi connectivity index (χ4n) is 0.386. The highest BCUT2D eigenvalue weighted by Crippen LogP contribution is 1.89. The number of nitrogens with two attached hydrogens (primary N) is 2. The molecule has 6 nitrogen and oxygen atoms in total. The van der Waals surface area contributed by atoms with Gasteiger partial charge in [-0.15, -0.1) is 0 Å². The zero-order chi connectivity index (χ0) is 9.56. The number of hydrogen-bond acceptors (Lipinski definition) is 4. The standard InChI is InChI=1S/C6H13N3O3/c1-4(2-7)6(11)9-12-3-5(8)10/h4H,2-3,7H2,1H3,(H2,8,10)(H,9,11). The fraction of sp³-hybridized carbons (Fsp3) is 0.667. The lowest BCUT2D eigenvalue weighted by Crippen LogP contribution is -2.35. The number of nitrogens with one attached hydrogen (secondary N) is 1. The van der Waals surface area contributed by atoms with Crippen LogP contribution in [0.3, 0.4) is 0 Å². The summed E-state index contributed by atoms with van der Waals surface area (Å²) in [6.07, 6.45) is 0. The molecular formula is C6H13N3O3. The molecule has 0 fully saturated rings. The van der Waals surface area contributed by atoms with E-state index < -0.39 is 5.91 Å². The summed E-state index contributed by atoms with van der Waals surface area (Å²) < 4.78 is 0. The Morgan fingerprint density at radius 1 is 1.58 bits per heavy atom. The van der Waals surface area contributed by atoms with Gasteiger partial charge in [-0.2, -0.15) is 0 Å². The average molecular weight is 175 g/mol. The molecule has 5 N–H and O–H groups in total. The molecule has 0 aliphatic carbocycles. The van der Waals surface area contributed by atoms with Gasteiger partial charge in [0, 0.05) is 12.5 Å². The molecule has 0 aromatic heterocycles. The van der Waals surface area contributed by atoms with Crippen molar-refractivity contribution in [1.29, 1.82) is 0 Å². The van der Waals surface area contributed by atoms with Crippen molar-refractivity contribution < 1.29 is 14.4 Å². The van der Waals surface area contributed by atoms with E-state index in [1.54, 1.807) is 6.92 Å². The molecule has 0 heterocycles. The van der Waals surface area contributed by atoms with E-state index in [1.165, 1.54) is 0 Å². The third-order valence-electron chi connectivity index (χ3n) is 1.19. The summed E-state index contributed by atoms with van der Waals surface area (Å²) in [5, 5.41) is 0. The van der Waals surface area contributed by atoms with Crippen LogP contribution in [-0.2, 0) is 14.4 Å². The summed E-state index contributed by atoms with van der Waals surface area (Å²) in [7, 11) is 0. The quantitative estimate of drug-likeness (QED) is 0.425. The van der Waals surface area contributed by atoms with Crippen molar-refractivity contribution in [2.75, 3.05) is 13.2 Å². The van der Waals surface area contributed by atoms with E-state index in [-0.39, 0.29) is 25.0 Å². The first-order chi connectivity index (χ1) is 5.57. The summed E-state index contributed by atoms with van der Waals surface area (Å²) in [6.45, 7) is 1.54. The van der Waals surface area contributed by atoms with Crippen LogP contribution in [-0.4, -0.2) is 25.0 Å². The Labute approximate surface area is 70.2 Å². The van der Waals surface area contributed by atoms with Crippen LogP contribution in [0.25, 0.3) is 0 Å². The van der Waals surface area contributed by atoms with Gasteiger partial charge in [0.2, 0.25) is 11.8 Å². The SMILES string of the molecule is CC(CN)C(=O)NOCC(N)=O. The molecule has 0 bridgehead atoms. The third kappa shape index (κ3) is 4.64. The minimum absolute atomic E-state index is 0.228. The lowest BCUT2D eigenvalue weighted by atomic mass is 10.2. The van der Waals surface area contributed by atoms with Crippen molar-refractivity contribution in [2.24, 2.45) is 17.4 Å². The van der Waals surface area contributed by atoms with Crippen LogP contribution in [0, 0.1) is 5.92 Å². The van der Waals surface area contributed by atoms with Gasteiger partial charge in [0.1, 0.15) is 0 Å². The smallest absolute Gasteiger partial charge is 0.247 e. The molecule has 1 unspecified atom stereocenters. The number of hydrogen-bond donors (Lipinski definition) is 3. The van der Waals surface area contributed by atoms with E-state index in [1.807, 2.05) is 5.48 Å².